The molecule has 20 heavy (non-hydrogen) atoms. The molecule has 1 aliphatic rings. The molecule has 1 aromatic rings. The van der Waals surface area contributed by atoms with E-state index >= 15 is 0 Å². The highest BCUT2D eigenvalue weighted by Crippen LogP contribution is 2.22. The fourth-order valence-electron chi connectivity index (χ4n) is 1.94. The van der Waals surface area contributed by atoms with Crippen molar-refractivity contribution >= 4 is 50.8 Å². The van der Waals surface area contributed by atoms with E-state index in [9.17, 15) is 9.59 Å². The van der Waals surface area contributed by atoms with Crippen LogP contribution in [0.15, 0.2) is 15.9 Å². The fourth-order valence-corrected chi connectivity index (χ4v) is 4.33. The van der Waals surface area contributed by atoms with E-state index in [0.717, 1.165) is 28.1 Å². The maximum absolute atomic E-state index is 12.0. The first-order valence-corrected chi connectivity index (χ1v) is 9.27. The molecule has 4 nitrogen and oxygen atoms in total. The van der Waals surface area contributed by atoms with Crippen LogP contribution < -0.4 is 10.6 Å². The molecule has 0 saturated carbocycles. The molecule has 1 unspecified atom stereocenters. The van der Waals surface area contributed by atoms with Gasteiger partial charge >= 0.3 is 0 Å². The van der Waals surface area contributed by atoms with Crippen LogP contribution in [0.3, 0.4) is 0 Å². The Morgan fingerprint density at radius 2 is 2.05 bits per heavy atom. The Morgan fingerprint density at radius 1 is 1.35 bits per heavy atom. The zero-order chi connectivity index (χ0) is 14.5. The monoisotopic (exact) mass is 376 g/mol. The zero-order valence-electron chi connectivity index (χ0n) is 11.1. The normalized spacial score (nSPS) is 17.5. The van der Waals surface area contributed by atoms with Crippen LogP contribution in [-0.2, 0) is 4.79 Å². The predicted octanol–water partition coefficient (Wildman–Crippen LogP) is 2.64. The maximum Gasteiger partial charge on any atom is 0.262 e. The number of halogens is 1. The number of hydrogen-bond donors (Lipinski definition) is 2. The Morgan fingerprint density at radius 3 is 2.65 bits per heavy atom. The fraction of sp³-hybridized carbons (Fsp3) is 0.538. The average Bonchev–Trinajstić information content (AvgIpc) is 2.86. The summed E-state index contributed by atoms with van der Waals surface area (Å²) in [7, 11) is 0. The van der Waals surface area contributed by atoms with E-state index in [1.165, 1.54) is 11.3 Å². The summed E-state index contributed by atoms with van der Waals surface area (Å²) in [6.07, 6.45) is 2.02. The van der Waals surface area contributed by atoms with E-state index in [2.05, 4.69) is 26.6 Å². The second-order valence-electron chi connectivity index (χ2n) is 4.69. The maximum atomic E-state index is 12.0. The Bertz CT molecular complexity index is 486. The first kappa shape index (κ1) is 15.9. The van der Waals surface area contributed by atoms with Crippen LogP contribution in [0.2, 0.25) is 0 Å². The van der Waals surface area contributed by atoms with E-state index in [-0.39, 0.29) is 17.9 Å². The molecule has 1 saturated heterocycles. The zero-order valence-corrected chi connectivity index (χ0v) is 14.4. The minimum atomic E-state index is -0.516. The summed E-state index contributed by atoms with van der Waals surface area (Å²) < 4.78 is 0.902. The third kappa shape index (κ3) is 4.49. The van der Waals surface area contributed by atoms with Gasteiger partial charge in [0.1, 0.15) is 6.04 Å². The Kier molecular flexibility index (Phi) is 5.92. The van der Waals surface area contributed by atoms with E-state index in [1.54, 1.807) is 13.0 Å². The molecule has 1 aliphatic heterocycles. The molecule has 0 aliphatic carbocycles. The quantitative estimate of drug-likeness (QED) is 0.848. The van der Waals surface area contributed by atoms with Gasteiger partial charge < -0.3 is 10.6 Å². The van der Waals surface area contributed by atoms with Gasteiger partial charge in [0.2, 0.25) is 5.91 Å². The largest absolute Gasteiger partial charge is 0.352 e. The summed E-state index contributed by atoms with van der Waals surface area (Å²) in [5, 5.41) is 5.74. The highest BCUT2D eigenvalue weighted by molar-refractivity contribution is 9.11. The van der Waals surface area contributed by atoms with Crippen molar-refractivity contribution in [3.8, 4) is 0 Å². The molecule has 2 heterocycles. The number of rotatable bonds is 4. The molecule has 1 fully saturated rings. The third-order valence-corrected chi connectivity index (χ3v) is 5.78. The average molecular weight is 377 g/mol. The number of hydrogen-bond acceptors (Lipinski definition) is 4. The van der Waals surface area contributed by atoms with E-state index in [1.807, 2.05) is 17.8 Å². The van der Waals surface area contributed by atoms with Crippen LogP contribution in [0, 0.1) is 0 Å². The van der Waals surface area contributed by atoms with Crippen molar-refractivity contribution in [3.63, 3.8) is 0 Å². The van der Waals surface area contributed by atoms with Gasteiger partial charge in [-0.25, -0.2) is 0 Å². The lowest BCUT2D eigenvalue weighted by atomic mass is 10.1. The van der Waals surface area contributed by atoms with Crippen LogP contribution in [0.25, 0.3) is 0 Å². The predicted molar refractivity (Wildman–Crippen MR) is 87.4 cm³/mol. The molecular formula is C13H17BrN2O2S2. The van der Waals surface area contributed by atoms with Crippen LogP contribution in [0.4, 0.5) is 0 Å². The van der Waals surface area contributed by atoms with Crippen LogP contribution in [0.1, 0.15) is 29.4 Å². The number of nitrogens with one attached hydrogen (secondary N) is 2. The van der Waals surface area contributed by atoms with Gasteiger partial charge in [0.25, 0.3) is 5.91 Å². The number of amides is 2. The number of thiophene rings is 1. The molecule has 0 radical (unpaired) electrons. The first-order chi connectivity index (χ1) is 9.56. The van der Waals surface area contributed by atoms with Gasteiger partial charge in [-0.15, -0.1) is 11.3 Å². The molecule has 110 valence electrons. The smallest absolute Gasteiger partial charge is 0.262 e. The van der Waals surface area contributed by atoms with Crippen LogP contribution >= 0.6 is 39.0 Å². The van der Waals surface area contributed by atoms with Crippen molar-refractivity contribution < 1.29 is 9.59 Å². The van der Waals surface area contributed by atoms with E-state index < -0.39 is 6.04 Å². The molecule has 2 rings (SSSR count). The lowest BCUT2D eigenvalue weighted by Crippen LogP contribution is -2.48. The number of carbonyl (C=O) groups excluding carboxylic acids is 2. The number of carbonyl (C=O) groups is 2. The van der Waals surface area contributed by atoms with Gasteiger partial charge in [-0.1, -0.05) is 0 Å². The van der Waals surface area contributed by atoms with Crippen LogP contribution in [-0.4, -0.2) is 35.4 Å². The second kappa shape index (κ2) is 7.47. The standard InChI is InChI=1S/C13H17BrN2O2S2/c1-8(12(17)16-9-4-6-19-7-5-9)15-13(18)10-2-3-11(14)20-10/h2-3,8-9H,4-7H2,1H3,(H,15,18)(H,16,17). The molecule has 1 atom stereocenters. The minimum absolute atomic E-state index is 0.106. The Hall–Kier alpha value is -0.530. The van der Waals surface area contributed by atoms with Crippen molar-refractivity contribution in [2.75, 3.05) is 11.5 Å². The highest BCUT2D eigenvalue weighted by Gasteiger charge is 2.21. The van der Waals surface area contributed by atoms with Gasteiger partial charge in [-0.05, 0) is 59.3 Å². The van der Waals surface area contributed by atoms with Crippen LogP contribution in [0.5, 0.6) is 0 Å². The summed E-state index contributed by atoms with van der Waals surface area (Å²) in [6.45, 7) is 1.72. The third-order valence-electron chi connectivity index (χ3n) is 3.11. The second-order valence-corrected chi connectivity index (χ2v) is 8.38. The molecule has 2 amide bonds. The number of thioether (sulfide) groups is 1. The van der Waals surface area contributed by atoms with Crippen molar-refractivity contribution in [2.24, 2.45) is 0 Å². The van der Waals surface area contributed by atoms with Gasteiger partial charge in [0.15, 0.2) is 0 Å². The van der Waals surface area contributed by atoms with E-state index in [0.29, 0.717) is 4.88 Å². The lowest BCUT2D eigenvalue weighted by Gasteiger charge is -2.24. The van der Waals surface area contributed by atoms with Crippen molar-refractivity contribution in [1.82, 2.24) is 10.6 Å². The first-order valence-electron chi connectivity index (χ1n) is 6.50. The van der Waals surface area contributed by atoms with Crippen molar-refractivity contribution in [3.05, 3.63) is 20.8 Å². The van der Waals surface area contributed by atoms with E-state index in [4.69, 9.17) is 0 Å². The van der Waals surface area contributed by atoms with Gasteiger partial charge in [-0.2, -0.15) is 11.8 Å². The van der Waals surface area contributed by atoms with Gasteiger partial charge in [-0.3, -0.25) is 9.59 Å². The van der Waals surface area contributed by atoms with Crippen molar-refractivity contribution in [1.29, 1.82) is 0 Å². The summed E-state index contributed by atoms with van der Waals surface area (Å²) >= 11 is 6.59. The van der Waals surface area contributed by atoms with Gasteiger partial charge in [0, 0.05) is 6.04 Å². The summed E-state index contributed by atoms with van der Waals surface area (Å²) in [5.41, 5.74) is 0. The molecule has 7 heteroatoms. The van der Waals surface area contributed by atoms with Gasteiger partial charge in [0.05, 0.1) is 8.66 Å². The Balaban J connectivity index is 1.82. The summed E-state index contributed by atoms with van der Waals surface area (Å²) in [4.78, 5) is 24.6. The highest BCUT2D eigenvalue weighted by atomic mass is 79.9. The topological polar surface area (TPSA) is 58.2 Å². The molecule has 1 aromatic heterocycles. The lowest BCUT2D eigenvalue weighted by molar-refractivity contribution is -0.123. The SMILES string of the molecule is CC(NC(=O)c1ccc(Br)s1)C(=O)NC1CCSCC1. The summed E-state index contributed by atoms with van der Waals surface area (Å²) in [5.74, 6) is 1.87. The molecule has 2 N–H and O–H groups in total. The molecule has 0 aromatic carbocycles. The molecule has 0 bridgehead atoms. The molecular weight excluding hydrogens is 360 g/mol. The van der Waals surface area contributed by atoms with Crippen molar-refractivity contribution in [2.45, 2.75) is 31.8 Å². The molecule has 0 spiro atoms. The minimum Gasteiger partial charge on any atom is -0.352 e. The summed E-state index contributed by atoms with van der Waals surface area (Å²) in [6, 6.07) is 3.30. The Labute approximate surface area is 135 Å².